The Balaban J connectivity index is 1.53. The summed E-state index contributed by atoms with van der Waals surface area (Å²) in [6, 6.07) is 13.9. The lowest BCUT2D eigenvalue weighted by atomic mass is 9.81. The predicted octanol–water partition coefficient (Wildman–Crippen LogP) is 4.54. The third-order valence-corrected chi connectivity index (χ3v) is 6.12. The Morgan fingerprint density at radius 1 is 1.26 bits per heavy atom. The van der Waals surface area contributed by atoms with Crippen LogP contribution in [0.2, 0.25) is 0 Å². The average molecular weight is 425 g/mol. The van der Waals surface area contributed by atoms with Crippen LogP contribution in [0.4, 0.5) is 14.9 Å². The fourth-order valence-corrected chi connectivity index (χ4v) is 4.72. The van der Waals surface area contributed by atoms with Gasteiger partial charge >= 0.3 is 6.03 Å². The van der Waals surface area contributed by atoms with E-state index in [1.165, 1.54) is 17.7 Å². The molecule has 0 radical (unpaired) electrons. The molecule has 0 saturated carbocycles. The summed E-state index contributed by atoms with van der Waals surface area (Å²) in [5.41, 5.74) is 0.876. The van der Waals surface area contributed by atoms with Crippen LogP contribution in [0.1, 0.15) is 39.2 Å². The van der Waals surface area contributed by atoms with Gasteiger partial charge < -0.3 is 4.74 Å². The van der Waals surface area contributed by atoms with E-state index in [2.05, 4.69) is 29.3 Å². The zero-order valence-electron chi connectivity index (χ0n) is 18.2. The molecule has 2 unspecified atom stereocenters. The van der Waals surface area contributed by atoms with Gasteiger partial charge in [0.1, 0.15) is 22.9 Å². The van der Waals surface area contributed by atoms with E-state index in [1.807, 2.05) is 26.0 Å². The minimum absolute atomic E-state index is 0.122. The molecule has 1 spiro atoms. The average Bonchev–Trinajstić information content (AvgIpc) is 2.93. The molecule has 31 heavy (non-hydrogen) atoms. The van der Waals surface area contributed by atoms with Crippen molar-refractivity contribution >= 4 is 17.6 Å². The molecule has 2 aliphatic rings. The highest BCUT2D eigenvalue weighted by molar-refractivity contribution is 6.18. The zero-order chi connectivity index (χ0) is 22.2. The molecule has 2 aliphatic heterocycles. The van der Waals surface area contributed by atoms with Gasteiger partial charge in [0.25, 0.3) is 0 Å². The number of likely N-dealkylation sites (tertiary alicyclic amines) is 1. The van der Waals surface area contributed by atoms with Crippen molar-refractivity contribution in [2.45, 2.75) is 57.8 Å². The van der Waals surface area contributed by atoms with Crippen LogP contribution in [0.15, 0.2) is 48.5 Å². The molecule has 2 aromatic rings. The number of rotatable bonds is 5. The third kappa shape index (κ3) is 4.14. The number of hydrogen-bond acceptors (Lipinski definition) is 4. The van der Waals surface area contributed by atoms with Gasteiger partial charge in [-0.15, -0.1) is 0 Å². The number of piperidine rings is 1. The second-order valence-electron chi connectivity index (χ2n) is 8.74. The molecular weight excluding hydrogens is 395 g/mol. The van der Waals surface area contributed by atoms with Gasteiger partial charge in [-0.05, 0) is 69.5 Å². The number of anilines is 1. The smallest absolute Gasteiger partial charge is 0.328 e. The minimum atomic E-state index is -0.774. The number of halogens is 1. The second kappa shape index (κ2) is 8.30. The maximum atomic E-state index is 13.9. The molecule has 0 aromatic heterocycles. The lowest BCUT2D eigenvalue weighted by molar-refractivity contribution is 0.123. The number of nitrogens with zero attached hydrogens (tertiary/aromatic N) is 2. The van der Waals surface area contributed by atoms with E-state index < -0.39 is 11.4 Å². The van der Waals surface area contributed by atoms with Gasteiger partial charge in [-0.25, -0.2) is 9.18 Å². The number of amides is 2. The van der Waals surface area contributed by atoms with Crippen molar-refractivity contribution in [1.29, 1.82) is 5.41 Å². The number of hydrogen-bond donors (Lipinski definition) is 2. The number of amidine groups is 1. The van der Waals surface area contributed by atoms with E-state index in [9.17, 15) is 9.18 Å². The van der Waals surface area contributed by atoms with Gasteiger partial charge in [0.2, 0.25) is 0 Å². The molecule has 2 atom stereocenters. The minimum Gasteiger partial charge on any atom is -0.491 e. The van der Waals surface area contributed by atoms with Crippen LogP contribution in [0.5, 0.6) is 5.75 Å². The summed E-state index contributed by atoms with van der Waals surface area (Å²) in [5.74, 6) is 0.659. The topological polar surface area (TPSA) is 68.7 Å². The number of carbonyl (C=O) groups is 1. The Morgan fingerprint density at radius 2 is 2.03 bits per heavy atom. The molecule has 0 aliphatic carbocycles. The van der Waals surface area contributed by atoms with E-state index in [0.29, 0.717) is 18.5 Å². The van der Waals surface area contributed by atoms with Crippen molar-refractivity contribution in [3.8, 4) is 5.75 Å². The van der Waals surface area contributed by atoms with E-state index in [4.69, 9.17) is 10.1 Å². The Hall–Kier alpha value is -2.93. The van der Waals surface area contributed by atoms with Crippen LogP contribution in [0.3, 0.4) is 0 Å². The monoisotopic (exact) mass is 424 g/mol. The highest BCUT2D eigenvalue weighted by atomic mass is 19.1. The maximum absolute atomic E-state index is 13.9. The van der Waals surface area contributed by atoms with Crippen molar-refractivity contribution in [2.24, 2.45) is 0 Å². The van der Waals surface area contributed by atoms with Crippen LogP contribution >= 0.6 is 0 Å². The Kier molecular flexibility index (Phi) is 5.71. The standard InChI is InChI=1S/C24H29FN4O2/c1-16(2)31-21-9-4-6-18(12-21)15-28-11-10-24(14-17(28)3)22(26)27-23(30)29(24)20-8-5-7-19(25)13-20/h4-9,12-13,16-17H,10-11,14-15H2,1-3H3,(H2,26,27,30). The summed E-state index contributed by atoms with van der Waals surface area (Å²) in [4.78, 5) is 16.6. The van der Waals surface area contributed by atoms with Gasteiger partial charge in [-0.1, -0.05) is 18.2 Å². The Labute approximate surface area is 182 Å². The molecule has 2 aromatic carbocycles. The third-order valence-electron chi connectivity index (χ3n) is 6.12. The van der Waals surface area contributed by atoms with E-state index in [0.717, 1.165) is 18.8 Å². The number of nitrogens with one attached hydrogen (secondary N) is 2. The largest absolute Gasteiger partial charge is 0.491 e. The first-order valence-electron chi connectivity index (χ1n) is 10.7. The molecular formula is C24H29FN4O2. The summed E-state index contributed by atoms with van der Waals surface area (Å²) in [6.07, 6.45) is 1.33. The summed E-state index contributed by atoms with van der Waals surface area (Å²) < 4.78 is 19.7. The molecule has 2 N–H and O–H groups in total. The number of benzene rings is 2. The van der Waals surface area contributed by atoms with Crippen molar-refractivity contribution in [3.05, 3.63) is 59.9 Å². The fraction of sp³-hybridized carbons (Fsp3) is 0.417. The lowest BCUT2D eigenvalue weighted by Crippen LogP contribution is -2.59. The van der Waals surface area contributed by atoms with E-state index in [1.54, 1.807) is 17.0 Å². The second-order valence-corrected chi connectivity index (χ2v) is 8.74. The summed E-state index contributed by atoms with van der Waals surface area (Å²) in [6.45, 7) is 7.63. The van der Waals surface area contributed by atoms with Gasteiger partial charge in [0.15, 0.2) is 0 Å². The van der Waals surface area contributed by atoms with Gasteiger partial charge in [-0.2, -0.15) is 0 Å². The summed E-state index contributed by atoms with van der Waals surface area (Å²) >= 11 is 0. The molecule has 7 heteroatoms. The number of carbonyl (C=O) groups excluding carboxylic acids is 1. The molecule has 4 rings (SSSR count). The molecule has 164 valence electrons. The first-order valence-corrected chi connectivity index (χ1v) is 10.7. The molecule has 2 saturated heterocycles. The Morgan fingerprint density at radius 3 is 2.74 bits per heavy atom. The van der Waals surface area contributed by atoms with Crippen LogP contribution in [0, 0.1) is 11.2 Å². The van der Waals surface area contributed by atoms with Gasteiger partial charge in [0, 0.05) is 24.8 Å². The first kappa shape index (κ1) is 21.3. The van der Waals surface area contributed by atoms with Crippen molar-refractivity contribution in [1.82, 2.24) is 10.2 Å². The van der Waals surface area contributed by atoms with Crippen molar-refractivity contribution in [2.75, 3.05) is 11.4 Å². The number of ether oxygens (including phenoxy) is 1. The first-order chi connectivity index (χ1) is 14.8. The fourth-order valence-electron chi connectivity index (χ4n) is 4.72. The summed E-state index contributed by atoms with van der Waals surface area (Å²) in [7, 11) is 0. The number of urea groups is 1. The van der Waals surface area contributed by atoms with Crippen molar-refractivity contribution in [3.63, 3.8) is 0 Å². The van der Waals surface area contributed by atoms with Gasteiger partial charge in [0.05, 0.1) is 6.10 Å². The van der Waals surface area contributed by atoms with Crippen LogP contribution in [-0.4, -0.2) is 41.0 Å². The quantitative estimate of drug-likeness (QED) is 0.740. The van der Waals surface area contributed by atoms with Crippen LogP contribution in [-0.2, 0) is 6.54 Å². The molecule has 2 amide bonds. The highest BCUT2D eigenvalue weighted by Crippen LogP contribution is 2.40. The summed E-state index contributed by atoms with van der Waals surface area (Å²) in [5, 5.41) is 11.2. The molecule has 6 nitrogen and oxygen atoms in total. The van der Waals surface area contributed by atoms with E-state index in [-0.39, 0.29) is 24.0 Å². The highest BCUT2D eigenvalue weighted by Gasteiger charge is 2.53. The zero-order valence-corrected chi connectivity index (χ0v) is 18.2. The van der Waals surface area contributed by atoms with Crippen molar-refractivity contribution < 1.29 is 13.9 Å². The van der Waals surface area contributed by atoms with Gasteiger partial charge in [-0.3, -0.25) is 20.5 Å². The predicted molar refractivity (Wildman–Crippen MR) is 119 cm³/mol. The molecule has 2 fully saturated rings. The molecule has 0 bridgehead atoms. The van der Waals surface area contributed by atoms with Crippen LogP contribution in [0.25, 0.3) is 0 Å². The van der Waals surface area contributed by atoms with Crippen LogP contribution < -0.4 is 15.0 Å². The normalized spacial score (nSPS) is 24.2. The Bertz CT molecular complexity index is 995. The van der Waals surface area contributed by atoms with E-state index >= 15 is 0 Å². The molecule has 2 heterocycles. The maximum Gasteiger partial charge on any atom is 0.328 e. The SMILES string of the molecule is CC(C)Oc1cccc(CN2CCC3(CC2C)C(=N)NC(=O)N3c2cccc(F)c2)c1. The lowest BCUT2D eigenvalue weighted by Gasteiger charge is -2.46.